The van der Waals surface area contributed by atoms with Crippen molar-refractivity contribution in [2.24, 2.45) is 0 Å². The van der Waals surface area contributed by atoms with Crippen LogP contribution < -0.4 is 10.1 Å². The zero-order valence-corrected chi connectivity index (χ0v) is 18.8. The van der Waals surface area contributed by atoms with Gasteiger partial charge in [0, 0.05) is 52.6 Å². The van der Waals surface area contributed by atoms with E-state index in [2.05, 4.69) is 38.3 Å². The Kier molecular flexibility index (Phi) is 6.41. The molecule has 32 heavy (non-hydrogen) atoms. The maximum atomic E-state index is 13.3. The van der Waals surface area contributed by atoms with Gasteiger partial charge < -0.3 is 24.3 Å². The fourth-order valence-electron chi connectivity index (χ4n) is 5.31. The Bertz CT molecular complexity index is 945. The molecule has 1 saturated heterocycles. The number of hydrogen-bond donors (Lipinski definition) is 1. The SMILES string of the molecule is COCCCN1CCCc2nnc3n2C(CCC3)c2cccc(c2)O[C@@H]2CN[C@@H](C2)C1=O. The summed E-state index contributed by atoms with van der Waals surface area (Å²) < 4.78 is 13.9. The van der Waals surface area contributed by atoms with Crippen LogP contribution in [0.15, 0.2) is 24.3 Å². The van der Waals surface area contributed by atoms with Crippen LogP contribution in [0.4, 0.5) is 0 Å². The number of fused-ring (bicyclic) bond motifs is 5. The van der Waals surface area contributed by atoms with Gasteiger partial charge in [0.2, 0.25) is 5.91 Å². The molecule has 3 aliphatic heterocycles. The molecule has 1 aromatic carbocycles. The van der Waals surface area contributed by atoms with Gasteiger partial charge in [-0.15, -0.1) is 10.2 Å². The van der Waals surface area contributed by atoms with Gasteiger partial charge in [-0.05, 0) is 43.4 Å². The maximum absolute atomic E-state index is 13.3. The minimum atomic E-state index is -0.194. The number of rotatable bonds is 4. The number of nitrogens with one attached hydrogen (secondary N) is 1. The summed E-state index contributed by atoms with van der Waals surface area (Å²) in [7, 11) is 1.70. The number of aryl methyl sites for hydroxylation is 2. The molecule has 2 aromatic rings. The molecule has 1 aromatic heterocycles. The number of hydrogen-bond acceptors (Lipinski definition) is 6. The second-order valence-corrected chi connectivity index (χ2v) is 9.09. The lowest BCUT2D eigenvalue weighted by Gasteiger charge is -2.28. The van der Waals surface area contributed by atoms with E-state index in [1.54, 1.807) is 7.11 Å². The van der Waals surface area contributed by atoms with Gasteiger partial charge in [-0.2, -0.15) is 0 Å². The molecule has 0 spiro atoms. The highest BCUT2D eigenvalue weighted by Crippen LogP contribution is 2.33. The topological polar surface area (TPSA) is 81.5 Å². The lowest BCUT2D eigenvalue weighted by molar-refractivity contribution is -0.133. The first-order valence-electron chi connectivity index (χ1n) is 11.9. The first kappa shape index (κ1) is 21.4. The number of carbonyl (C=O) groups is 1. The largest absolute Gasteiger partial charge is 0.489 e. The Hall–Kier alpha value is -2.45. The van der Waals surface area contributed by atoms with E-state index >= 15 is 0 Å². The Morgan fingerprint density at radius 3 is 2.91 bits per heavy atom. The van der Waals surface area contributed by atoms with Crippen molar-refractivity contribution in [2.45, 2.75) is 63.1 Å². The molecule has 8 nitrogen and oxygen atoms in total. The Morgan fingerprint density at radius 1 is 1.22 bits per heavy atom. The molecule has 5 rings (SSSR count). The van der Waals surface area contributed by atoms with E-state index in [1.807, 2.05) is 11.0 Å². The molecule has 4 bridgehead atoms. The third-order valence-electron chi connectivity index (χ3n) is 6.88. The predicted molar refractivity (Wildman–Crippen MR) is 120 cm³/mol. The van der Waals surface area contributed by atoms with Crippen LogP contribution in [0, 0.1) is 0 Å². The summed E-state index contributed by atoms with van der Waals surface area (Å²) in [5, 5.41) is 12.4. The minimum Gasteiger partial charge on any atom is -0.489 e. The van der Waals surface area contributed by atoms with Crippen molar-refractivity contribution < 1.29 is 14.3 Å². The van der Waals surface area contributed by atoms with Crippen LogP contribution in [-0.4, -0.2) is 71.1 Å². The van der Waals surface area contributed by atoms with Crippen molar-refractivity contribution in [3.8, 4) is 5.75 Å². The Balaban J connectivity index is 1.45. The molecule has 172 valence electrons. The molecule has 1 N–H and O–H groups in total. The van der Waals surface area contributed by atoms with Gasteiger partial charge in [0.15, 0.2) is 0 Å². The van der Waals surface area contributed by atoms with Crippen molar-refractivity contribution in [1.29, 1.82) is 0 Å². The van der Waals surface area contributed by atoms with Crippen LogP contribution in [0.1, 0.15) is 55.4 Å². The molecule has 3 aliphatic rings. The highest BCUT2D eigenvalue weighted by Gasteiger charge is 2.34. The van der Waals surface area contributed by atoms with E-state index in [-0.39, 0.29) is 24.1 Å². The number of ether oxygens (including phenoxy) is 2. The van der Waals surface area contributed by atoms with Crippen molar-refractivity contribution in [3.63, 3.8) is 0 Å². The fraction of sp³-hybridized carbons (Fsp3) is 0.625. The zero-order chi connectivity index (χ0) is 21.9. The molecule has 1 fully saturated rings. The van der Waals surface area contributed by atoms with E-state index in [0.29, 0.717) is 32.7 Å². The lowest BCUT2D eigenvalue weighted by atomic mass is 9.96. The van der Waals surface area contributed by atoms with Crippen LogP contribution in [0.25, 0.3) is 0 Å². The highest BCUT2D eigenvalue weighted by molar-refractivity contribution is 5.82. The second kappa shape index (κ2) is 9.58. The fourth-order valence-corrected chi connectivity index (χ4v) is 5.31. The third-order valence-corrected chi connectivity index (χ3v) is 6.88. The van der Waals surface area contributed by atoms with E-state index < -0.39 is 0 Å². The summed E-state index contributed by atoms with van der Waals surface area (Å²) in [6.07, 6.45) is 6.38. The second-order valence-electron chi connectivity index (χ2n) is 9.09. The summed E-state index contributed by atoms with van der Waals surface area (Å²) in [5.74, 6) is 3.13. The first-order valence-corrected chi connectivity index (χ1v) is 11.9. The van der Waals surface area contributed by atoms with Crippen molar-refractivity contribution in [1.82, 2.24) is 25.0 Å². The molecular formula is C24H33N5O3. The van der Waals surface area contributed by atoms with Crippen LogP contribution in [0.2, 0.25) is 0 Å². The number of aromatic nitrogens is 3. The summed E-state index contributed by atoms with van der Waals surface area (Å²) in [5.41, 5.74) is 1.25. The average molecular weight is 440 g/mol. The average Bonchev–Trinajstić information content (AvgIpc) is 3.44. The van der Waals surface area contributed by atoms with Gasteiger partial charge in [-0.3, -0.25) is 4.79 Å². The van der Waals surface area contributed by atoms with Crippen molar-refractivity contribution in [3.05, 3.63) is 41.5 Å². The van der Waals surface area contributed by atoms with E-state index in [9.17, 15) is 4.79 Å². The van der Waals surface area contributed by atoms with Gasteiger partial charge in [-0.1, -0.05) is 12.1 Å². The summed E-state index contributed by atoms with van der Waals surface area (Å²) in [6.45, 7) is 2.77. The Morgan fingerprint density at radius 2 is 2.06 bits per heavy atom. The van der Waals surface area contributed by atoms with Crippen LogP contribution in [-0.2, 0) is 22.4 Å². The summed E-state index contributed by atoms with van der Waals surface area (Å²) >= 11 is 0. The quantitative estimate of drug-likeness (QED) is 0.735. The van der Waals surface area contributed by atoms with E-state index in [1.165, 1.54) is 5.56 Å². The zero-order valence-electron chi connectivity index (χ0n) is 18.8. The lowest BCUT2D eigenvalue weighted by Crippen LogP contribution is -2.44. The third kappa shape index (κ3) is 4.38. The molecule has 8 heteroatoms. The molecule has 0 radical (unpaired) electrons. The molecular weight excluding hydrogens is 406 g/mol. The normalized spacial score (nSPS) is 25.6. The number of amides is 1. The van der Waals surface area contributed by atoms with Gasteiger partial charge in [-0.25, -0.2) is 0 Å². The number of nitrogens with zero attached hydrogens (tertiary/aromatic N) is 4. The number of carbonyl (C=O) groups excluding carboxylic acids is 1. The number of benzene rings is 1. The molecule has 0 saturated carbocycles. The predicted octanol–water partition coefficient (Wildman–Crippen LogP) is 2.12. The van der Waals surface area contributed by atoms with Crippen LogP contribution in [0.5, 0.6) is 5.75 Å². The summed E-state index contributed by atoms with van der Waals surface area (Å²) in [6, 6.07) is 8.49. The van der Waals surface area contributed by atoms with Crippen molar-refractivity contribution >= 4 is 5.91 Å². The summed E-state index contributed by atoms with van der Waals surface area (Å²) in [4.78, 5) is 15.3. The molecule has 1 amide bonds. The Labute approximate surface area is 189 Å². The van der Waals surface area contributed by atoms with Gasteiger partial charge in [0.05, 0.1) is 12.1 Å². The maximum Gasteiger partial charge on any atom is 0.239 e. The standard InChI is InChI=1S/C24H33N5O3/c1-31-13-5-12-28-11-4-10-23-27-26-22-9-3-8-21(29(22)23)17-6-2-7-18(14-17)32-19-15-20(24(28)30)25-16-19/h2,6-7,14,19-21,25H,3-5,8-13,15-16H2,1H3/t19-,20-,21?/m0/s1. The van der Waals surface area contributed by atoms with Crippen LogP contribution >= 0.6 is 0 Å². The molecule has 1 unspecified atom stereocenters. The van der Waals surface area contributed by atoms with Crippen LogP contribution in [0.3, 0.4) is 0 Å². The smallest absolute Gasteiger partial charge is 0.239 e. The van der Waals surface area contributed by atoms with Crippen molar-refractivity contribution in [2.75, 3.05) is 33.4 Å². The van der Waals surface area contributed by atoms with Gasteiger partial charge in [0.1, 0.15) is 23.5 Å². The number of methoxy groups -OCH3 is 1. The molecule has 3 atom stereocenters. The van der Waals surface area contributed by atoms with E-state index in [4.69, 9.17) is 9.47 Å². The monoisotopic (exact) mass is 439 g/mol. The highest BCUT2D eigenvalue weighted by atomic mass is 16.5. The molecule has 4 heterocycles. The first-order chi connectivity index (χ1) is 15.7. The van der Waals surface area contributed by atoms with E-state index in [0.717, 1.165) is 55.9 Å². The van der Waals surface area contributed by atoms with Gasteiger partial charge >= 0.3 is 0 Å². The molecule has 0 aliphatic carbocycles. The van der Waals surface area contributed by atoms with Gasteiger partial charge in [0.25, 0.3) is 0 Å². The minimum absolute atomic E-state index is 0.00228.